The quantitative estimate of drug-likeness (QED) is 0.162. The van der Waals surface area contributed by atoms with E-state index in [9.17, 15) is 22.4 Å². The number of nitrogens with two attached hydrogens (primary N) is 1. The lowest BCUT2D eigenvalue weighted by Crippen LogP contribution is -2.45. The number of carbonyl (C=O) groups excluding carboxylic acids is 2. The van der Waals surface area contributed by atoms with Gasteiger partial charge < -0.3 is 26.4 Å². The molecule has 0 saturated carbocycles. The van der Waals surface area contributed by atoms with Crippen molar-refractivity contribution in [3.8, 4) is 0 Å². The molecule has 2 heterocycles. The molecule has 0 atom stereocenters. The number of halogens is 2. The van der Waals surface area contributed by atoms with Gasteiger partial charge in [-0.1, -0.05) is 17.7 Å². The number of primary amides is 1. The average molecular weight is 683 g/mol. The summed E-state index contributed by atoms with van der Waals surface area (Å²) in [6, 6.07) is 4.02. The van der Waals surface area contributed by atoms with Gasteiger partial charge in [-0.2, -0.15) is 4.98 Å². The molecule has 1 aromatic carbocycles. The molecular formula is C28H37BrFN7O5S. The first-order valence-corrected chi connectivity index (χ1v) is 16.7. The van der Waals surface area contributed by atoms with Crippen LogP contribution in [0.1, 0.15) is 55.3 Å². The summed E-state index contributed by atoms with van der Waals surface area (Å²) in [7, 11) is -3.54. The lowest BCUT2D eigenvalue weighted by atomic mass is 10.1. The van der Waals surface area contributed by atoms with E-state index in [1.807, 2.05) is 0 Å². The molecule has 5 N–H and O–H groups in total. The molecule has 0 radical (unpaired) electrons. The van der Waals surface area contributed by atoms with E-state index in [0.29, 0.717) is 49.4 Å². The molecule has 1 aliphatic heterocycles. The van der Waals surface area contributed by atoms with E-state index in [1.54, 1.807) is 0 Å². The fourth-order valence-corrected chi connectivity index (χ4v) is 6.64. The van der Waals surface area contributed by atoms with Crippen molar-refractivity contribution in [1.82, 2.24) is 19.6 Å². The maximum absolute atomic E-state index is 14.2. The summed E-state index contributed by atoms with van der Waals surface area (Å²) in [5, 5.41) is 8.80. The lowest BCUT2D eigenvalue weighted by molar-refractivity contribution is -0.122. The SMILES string of the molecule is NC(=O)c1c(F)cccc1Nc1nc(NC2CCN(S(=O)(=O)CCNC(=O)CCOCCC3=CCCC3)CC2)ncc1Br. The summed E-state index contributed by atoms with van der Waals surface area (Å²) < 4.78 is 47.3. The molecule has 2 aromatic rings. The molecule has 2 amide bonds. The standard InChI is InChI=1S/C28H37BrFN7O5S/c29-21-18-33-28(36-27(21)35-23-7-3-6-22(30)25(23)26(31)39)34-20-8-13-37(14-9-20)43(40,41)17-12-32-24(38)11-16-42-15-10-19-4-1-2-5-19/h3-4,6-7,18,20H,1-2,5,8-17H2,(H2,31,39)(H,32,38)(H2,33,34,35,36). The molecular weight excluding hydrogens is 645 g/mol. The second-order valence-electron chi connectivity index (χ2n) is 10.4. The first-order valence-electron chi connectivity index (χ1n) is 14.3. The van der Waals surface area contributed by atoms with Gasteiger partial charge in [-0.15, -0.1) is 0 Å². The Hall–Kier alpha value is -3.14. The van der Waals surface area contributed by atoms with Gasteiger partial charge in [0, 0.05) is 38.3 Å². The molecule has 15 heteroatoms. The van der Waals surface area contributed by atoms with Crippen molar-refractivity contribution in [2.75, 3.05) is 49.2 Å². The van der Waals surface area contributed by atoms with Crippen molar-refractivity contribution in [2.45, 2.75) is 51.0 Å². The number of ether oxygens (including phenoxy) is 1. The van der Waals surface area contributed by atoms with E-state index in [2.05, 4.69) is 47.9 Å². The van der Waals surface area contributed by atoms with Gasteiger partial charge in [-0.25, -0.2) is 22.1 Å². The smallest absolute Gasteiger partial charge is 0.253 e. The number of allylic oxidation sites excluding steroid dienone is 1. The van der Waals surface area contributed by atoms with Crippen molar-refractivity contribution in [2.24, 2.45) is 5.73 Å². The van der Waals surface area contributed by atoms with Crippen LogP contribution in [0, 0.1) is 5.82 Å². The van der Waals surface area contributed by atoms with E-state index in [-0.39, 0.29) is 47.9 Å². The minimum atomic E-state index is -3.54. The van der Waals surface area contributed by atoms with Crippen LogP contribution < -0.4 is 21.7 Å². The van der Waals surface area contributed by atoms with Gasteiger partial charge in [0.05, 0.1) is 34.7 Å². The van der Waals surface area contributed by atoms with Crippen LogP contribution in [0.5, 0.6) is 0 Å². The third-order valence-electron chi connectivity index (χ3n) is 7.30. The molecule has 1 aromatic heterocycles. The monoisotopic (exact) mass is 681 g/mol. The minimum absolute atomic E-state index is 0.0392. The van der Waals surface area contributed by atoms with Crippen LogP contribution >= 0.6 is 15.9 Å². The van der Waals surface area contributed by atoms with Gasteiger partial charge >= 0.3 is 0 Å². The predicted octanol–water partition coefficient (Wildman–Crippen LogP) is 3.45. The van der Waals surface area contributed by atoms with E-state index >= 15 is 0 Å². The third kappa shape index (κ3) is 9.68. The minimum Gasteiger partial charge on any atom is -0.381 e. The first kappa shape index (κ1) is 32.8. The van der Waals surface area contributed by atoms with E-state index in [1.165, 1.54) is 34.6 Å². The van der Waals surface area contributed by atoms with Gasteiger partial charge in [0.1, 0.15) is 11.6 Å². The highest BCUT2D eigenvalue weighted by molar-refractivity contribution is 9.10. The summed E-state index contributed by atoms with van der Waals surface area (Å²) in [5.41, 5.74) is 6.63. The second kappa shape index (κ2) is 15.5. The van der Waals surface area contributed by atoms with Gasteiger partial charge in [0.15, 0.2) is 0 Å². The number of nitrogens with zero attached hydrogens (tertiary/aromatic N) is 3. The average Bonchev–Trinajstić information content (AvgIpc) is 3.48. The molecule has 2 aliphatic rings. The molecule has 234 valence electrons. The van der Waals surface area contributed by atoms with Crippen molar-refractivity contribution in [3.05, 3.63) is 51.9 Å². The predicted molar refractivity (Wildman–Crippen MR) is 165 cm³/mol. The van der Waals surface area contributed by atoms with Crippen molar-refractivity contribution >= 4 is 55.2 Å². The van der Waals surface area contributed by atoms with Crippen LogP contribution in [0.2, 0.25) is 0 Å². The molecule has 43 heavy (non-hydrogen) atoms. The van der Waals surface area contributed by atoms with Crippen molar-refractivity contribution in [3.63, 3.8) is 0 Å². The van der Waals surface area contributed by atoms with Gasteiger partial charge in [0.2, 0.25) is 21.9 Å². The molecule has 1 fully saturated rings. The Morgan fingerprint density at radius 2 is 2.00 bits per heavy atom. The number of hydrogen-bond donors (Lipinski definition) is 4. The van der Waals surface area contributed by atoms with Gasteiger partial charge in [-0.3, -0.25) is 9.59 Å². The fourth-order valence-electron chi connectivity index (χ4n) is 4.96. The Morgan fingerprint density at radius 1 is 1.21 bits per heavy atom. The summed E-state index contributed by atoms with van der Waals surface area (Å²) in [6.07, 6.45) is 9.38. The highest BCUT2D eigenvalue weighted by atomic mass is 79.9. The number of piperidine rings is 1. The Morgan fingerprint density at radius 3 is 2.72 bits per heavy atom. The highest BCUT2D eigenvalue weighted by Crippen LogP contribution is 2.28. The number of benzene rings is 1. The number of carbonyl (C=O) groups is 2. The Bertz CT molecular complexity index is 1430. The summed E-state index contributed by atoms with van der Waals surface area (Å²) >= 11 is 3.35. The molecule has 0 spiro atoms. The van der Waals surface area contributed by atoms with Crippen LogP contribution in [-0.2, 0) is 19.6 Å². The Balaban J connectivity index is 1.19. The number of sulfonamides is 1. The Labute approximate surface area is 259 Å². The van der Waals surface area contributed by atoms with Gasteiger partial charge in [-0.05, 0) is 66.6 Å². The van der Waals surface area contributed by atoms with E-state index in [0.717, 1.165) is 25.3 Å². The van der Waals surface area contributed by atoms with E-state index < -0.39 is 21.7 Å². The van der Waals surface area contributed by atoms with Crippen LogP contribution in [-0.4, -0.2) is 79.1 Å². The molecule has 4 rings (SSSR count). The molecule has 1 aliphatic carbocycles. The normalized spacial score (nSPS) is 16.1. The maximum Gasteiger partial charge on any atom is 0.253 e. The topological polar surface area (TPSA) is 169 Å². The lowest BCUT2D eigenvalue weighted by Gasteiger charge is -2.31. The molecule has 0 unspecified atom stereocenters. The molecule has 1 saturated heterocycles. The second-order valence-corrected chi connectivity index (χ2v) is 13.3. The number of amides is 2. The number of nitrogens with one attached hydrogen (secondary N) is 3. The summed E-state index contributed by atoms with van der Waals surface area (Å²) in [4.78, 5) is 32.5. The van der Waals surface area contributed by atoms with Crippen molar-refractivity contribution in [1.29, 1.82) is 0 Å². The van der Waals surface area contributed by atoms with Gasteiger partial charge in [0.25, 0.3) is 5.91 Å². The number of rotatable bonds is 15. The van der Waals surface area contributed by atoms with Crippen LogP contribution in [0.15, 0.2) is 40.5 Å². The van der Waals surface area contributed by atoms with Crippen LogP contribution in [0.25, 0.3) is 0 Å². The summed E-state index contributed by atoms with van der Waals surface area (Å²) in [5.74, 6) is -1.50. The van der Waals surface area contributed by atoms with Crippen LogP contribution in [0.4, 0.5) is 21.8 Å². The zero-order chi connectivity index (χ0) is 30.8. The largest absolute Gasteiger partial charge is 0.381 e. The zero-order valence-electron chi connectivity index (χ0n) is 23.8. The van der Waals surface area contributed by atoms with E-state index in [4.69, 9.17) is 10.5 Å². The maximum atomic E-state index is 14.2. The van der Waals surface area contributed by atoms with Crippen LogP contribution in [0.3, 0.4) is 0 Å². The number of aromatic nitrogens is 2. The van der Waals surface area contributed by atoms with Crippen molar-refractivity contribution < 1.29 is 27.1 Å². The highest BCUT2D eigenvalue weighted by Gasteiger charge is 2.28. The molecule has 12 nitrogen and oxygen atoms in total. The first-order chi connectivity index (χ1) is 20.6. The summed E-state index contributed by atoms with van der Waals surface area (Å²) in [6.45, 7) is 1.57. The molecule has 0 bridgehead atoms. The fraction of sp³-hybridized carbons (Fsp3) is 0.500. The Kier molecular flexibility index (Phi) is 11.8. The number of anilines is 3. The number of hydrogen-bond acceptors (Lipinski definition) is 9. The third-order valence-corrected chi connectivity index (χ3v) is 9.75. The zero-order valence-corrected chi connectivity index (χ0v) is 26.2.